The van der Waals surface area contributed by atoms with Crippen LogP contribution in [0.4, 0.5) is 0 Å². The third-order valence-electron chi connectivity index (χ3n) is 4.71. The predicted molar refractivity (Wildman–Crippen MR) is 84.6 cm³/mol. The number of halogens is 1. The van der Waals surface area contributed by atoms with E-state index in [-0.39, 0.29) is 11.0 Å². The number of benzene rings is 1. The summed E-state index contributed by atoms with van der Waals surface area (Å²) in [7, 11) is 0. The van der Waals surface area contributed by atoms with Crippen LogP contribution in [0.3, 0.4) is 0 Å². The normalized spacial score (nSPS) is 23.1. The maximum absolute atomic E-state index is 6.67. The molecular formula is C18H25ClO. The summed E-state index contributed by atoms with van der Waals surface area (Å²) >= 11 is 6.67. The molecule has 3 rings (SSSR count). The summed E-state index contributed by atoms with van der Waals surface area (Å²) < 4.78 is 5.94. The van der Waals surface area contributed by atoms with Crippen molar-refractivity contribution in [3.63, 3.8) is 0 Å². The molecule has 2 aliphatic rings. The van der Waals surface area contributed by atoms with Gasteiger partial charge in [-0.15, -0.1) is 11.6 Å². The van der Waals surface area contributed by atoms with Crippen molar-refractivity contribution in [2.24, 2.45) is 5.92 Å². The molecule has 1 nitrogen and oxygen atoms in total. The van der Waals surface area contributed by atoms with Crippen molar-refractivity contribution in [2.45, 2.75) is 69.8 Å². The third kappa shape index (κ3) is 3.14. The van der Waals surface area contributed by atoms with Crippen LogP contribution in [0.15, 0.2) is 18.2 Å². The fourth-order valence-electron chi connectivity index (χ4n) is 3.68. The van der Waals surface area contributed by atoms with Gasteiger partial charge in [0.1, 0.15) is 11.4 Å². The molecule has 0 amide bonds. The van der Waals surface area contributed by atoms with Gasteiger partial charge in [0, 0.05) is 6.42 Å². The molecule has 0 radical (unpaired) electrons. The molecule has 0 spiro atoms. The van der Waals surface area contributed by atoms with Gasteiger partial charge in [0.05, 0.1) is 5.38 Å². The Kier molecular flexibility index (Phi) is 3.99. The average Bonchev–Trinajstić information content (AvgIpc) is 2.72. The molecule has 1 saturated carbocycles. The number of hydrogen-bond acceptors (Lipinski definition) is 1. The van der Waals surface area contributed by atoms with Crippen molar-refractivity contribution in [1.82, 2.24) is 0 Å². The van der Waals surface area contributed by atoms with E-state index in [1.165, 1.54) is 43.2 Å². The first-order valence-electron chi connectivity index (χ1n) is 7.99. The van der Waals surface area contributed by atoms with Gasteiger partial charge in [-0.05, 0) is 43.4 Å². The molecule has 2 heteroatoms. The molecule has 1 aromatic rings. The van der Waals surface area contributed by atoms with Gasteiger partial charge in [-0.1, -0.05) is 44.2 Å². The molecule has 1 aliphatic heterocycles. The van der Waals surface area contributed by atoms with E-state index < -0.39 is 0 Å². The second-order valence-electron chi connectivity index (χ2n) is 7.11. The summed E-state index contributed by atoms with van der Waals surface area (Å²) in [6, 6.07) is 6.53. The Hall–Kier alpha value is -0.690. The Labute approximate surface area is 127 Å². The van der Waals surface area contributed by atoms with Crippen LogP contribution in [0.1, 0.15) is 68.9 Å². The van der Waals surface area contributed by atoms with Crippen molar-refractivity contribution in [3.8, 4) is 5.75 Å². The minimum absolute atomic E-state index is 0.0634. The summed E-state index contributed by atoms with van der Waals surface area (Å²) in [5, 5.41) is 0.159. The molecule has 1 aromatic carbocycles. The lowest BCUT2D eigenvalue weighted by Crippen LogP contribution is -2.24. The maximum atomic E-state index is 6.67. The molecule has 1 heterocycles. The molecule has 110 valence electrons. The van der Waals surface area contributed by atoms with E-state index in [1.807, 2.05) is 0 Å². The van der Waals surface area contributed by atoms with E-state index in [0.29, 0.717) is 0 Å². The van der Waals surface area contributed by atoms with Gasteiger partial charge in [0.15, 0.2) is 0 Å². The molecule has 1 fully saturated rings. The van der Waals surface area contributed by atoms with E-state index in [1.54, 1.807) is 0 Å². The van der Waals surface area contributed by atoms with Crippen LogP contribution in [0.2, 0.25) is 0 Å². The van der Waals surface area contributed by atoms with Crippen LogP contribution in [0.25, 0.3) is 0 Å². The SMILES string of the molecule is CC1(C)Cc2cc(C(Cl)CC3CCCCC3)ccc2O1. The van der Waals surface area contributed by atoms with Crippen molar-refractivity contribution in [3.05, 3.63) is 29.3 Å². The van der Waals surface area contributed by atoms with Crippen LogP contribution >= 0.6 is 11.6 Å². The molecular weight excluding hydrogens is 268 g/mol. The van der Waals surface area contributed by atoms with Gasteiger partial charge >= 0.3 is 0 Å². The first-order chi connectivity index (χ1) is 9.53. The Morgan fingerprint density at radius 3 is 2.75 bits per heavy atom. The van der Waals surface area contributed by atoms with Gasteiger partial charge in [-0.2, -0.15) is 0 Å². The molecule has 20 heavy (non-hydrogen) atoms. The summed E-state index contributed by atoms with van der Waals surface area (Å²) in [6.07, 6.45) is 9.04. The van der Waals surface area contributed by atoms with E-state index in [2.05, 4.69) is 32.0 Å². The van der Waals surface area contributed by atoms with E-state index >= 15 is 0 Å². The highest BCUT2D eigenvalue weighted by Gasteiger charge is 2.30. The zero-order valence-corrected chi connectivity index (χ0v) is 13.4. The molecule has 1 atom stereocenters. The van der Waals surface area contributed by atoms with E-state index in [9.17, 15) is 0 Å². The lowest BCUT2D eigenvalue weighted by molar-refractivity contribution is 0.138. The number of fused-ring (bicyclic) bond motifs is 1. The molecule has 1 unspecified atom stereocenters. The van der Waals surface area contributed by atoms with Gasteiger partial charge in [-0.3, -0.25) is 0 Å². The van der Waals surface area contributed by atoms with E-state index in [0.717, 1.165) is 24.5 Å². The lowest BCUT2D eigenvalue weighted by Gasteiger charge is -2.24. The fourth-order valence-corrected chi connectivity index (χ4v) is 4.06. The molecule has 0 N–H and O–H groups in total. The minimum Gasteiger partial charge on any atom is -0.487 e. The Bertz CT molecular complexity index is 474. The predicted octanol–water partition coefficient (Wildman–Crippen LogP) is 5.65. The highest BCUT2D eigenvalue weighted by atomic mass is 35.5. The zero-order chi connectivity index (χ0) is 14.2. The van der Waals surface area contributed by atoms with Crippen LogP contribution in [-0.4, -0.2) is 5.60 Å². The fraction of sp³-hybridized carbons (Fsp3) is 0.667. The zero-order valence-electron chi connectivity index (χ0n) is 12.6. The van der Waals surface area contributed by atoms with Crippen molar-refractivity contribution in [2.75, 3.05) is 0 Å². The number of alkyl halides is 1. The highest BCUT2D eigenvalue weighted by Crippen LogP contribution is 2.40. The Morgan fingerprint density at radius 2 is 2.00 bits per heavy atom. The first-order valence-corrected chi connectivity index (χ1v) is 8.43. The van der Waals surface area contributed by atoms with Crippen molar-refractivity contribution < 1.29 is 4.74 Å². The Balaban J connectivity index is 1.68. The summed E-state index contributed by atoms with van der Waals surface area (Å²) in [5.41, 5.74) is 2.53. The van der Waals surface area contributed by atoms with Crippen LogP contribution < -0.4 is 4.74 Å². The number of hydrogen-bond donors (Lipinski definition) is 0. The molecule has 0 bridgehead atoms. The topological polar surface area (TPSA) is 9.23 Å². The third-order valence-corrected chi connectivity index (χ3v) is 5.14. The first kappa shape index (κ1) is 14.3. The lowest BCUT2D eigenvalue weighted by atomic mass is 9.85. The van der Waals surface area contributed by atoms with Gasteiger partial charge < -0.3 is 4.74 Å². The van der Waals surface area contributed by atoms with Crippen molar-refractivity contribution in [1.29, 1.82) is 0 Å². The highest BCUT2D eigenvalue weighted by molar-refractivity contribution is 6.20. The Morgan fingerprint density at radius 1 is 1.25 bits per heavy atom. The largest absolute Gasteiger partial charge is 0.487 e. The number of rotatable bonds is 3. The standard InChI is InChI=1S/C18H25ClO/c1-18(2)12-15-11-14(8-9-17(15)20-18)16(19)10-13-6-4-3-5-7-13/h8-9,11,13,16H,3-7,10,12H2,1-2H3. The van der Waals surface area contributed by atoms with Gasteiger partial charge in [0.2, 0.25) is 0 Å². The smallest absolute Gasteiger partial charge is 0.123 e. The summed E-state index contributed by atoms with van der Waals surface area (Å²) in [6.45, 7) is 4.29. The van der Waals surface area contributed by atoms with Crippen LogP contribution in [0.5, 0.6) is 5.75 Å². The van der Waals surface area contributed by atoms with Crippen molar-refractivity contribution >= 4 is 11.6 Å². The molecule has 1 aliphatic carbocycles. The van der Waals surface area contributed by atoms with Crippen LogP contribution in [-0.2, 0) is 6.42 Å². The molecule has 0 saturated heterocycles. The molecule has 0 aromatic heterocycles. The average molecular weight is 293 g/mol. The minimum atomic E-state index is -0.0634. The second kappa shape index (κ2) is 5.60. The second-order valence-corrected chi connectivity index (χ2v) is 7.64. The maximum Gasteiger partial charge on any atom is 0.123 e. The van der Waals surface area contributed by atoms with Gasteiger partial charge in [0.25, 0.3) is 0 Å². The number of ether oxygens (including phenoxy) is 1. The van der Waals surface area contributed by atoms with Gasteiger partial charge in [-0.25, -0.2) is 0 Å². The summed E-state index contributed by atoms with van der Waals surface area (Å²) in [5.74, 6) is 1.87. The summed E-state index contributed by atoms with van der Waals surface area (Å²) in [4.78, 5) is 0. The monoisotopic (exact) mass is 292 g/mol. The van der Waals surface area contributed by atoms with Crippen LogP contribution in [0, 0.1) is 5.92 Å². The quantitative estimate of drug-likeness (QED) is 0.654. The van der Waals surface area contributed by atoms with E-state index in [4.69, 9.17) is 16.3 Å².